The summed E-state index contributed by atoms with van der Waals surface area (Å²) in [6.07, 6.45) is 1.43. The summed E-state index contributed by atoms with van der Waals surface area (Å²) in [4.78, 5) is 16.5. The van der Waals surface area contributed by atoms with Gasteiger partial charge in [-0.05, 0) is 0 Å². The zero-order valence-electron chi connectivity index (χ0n) is 12.8. The standard InChI is InChI=1S/C17H17N3OS/c1-17(2,3)15(21)13(9-18)10-19-16-20-14(11-22-16)12-7-5-4-6-8-12/h4-8,10-11H,1-3H3,(H,19,20)/b13-10+. The molecule has 0 saturated heterocycles. The van der Waals surface area contributed by atoms with Gasteiger partial charge in [-0.1, -0.05) is 51.1 Å². The van der Waals surface area contributed by atoms with Gasteiger partial charge in [-0.25, -0.2) is 4.98 Å². The molecule has 1 N–H and O–H groups in total. The fourth-order valence-corrected chi connectivity index (χ4v) is 2.46. The summed E-state index contributed by atoms with van der Waals surface area (Å²) in [5.41, 5.74) is 1.41. The number of ketones is 1. The molecule has 1 heterocycles. The third kappa shape index (κ3) is 3.80. The average Bonchev–Trinajstić information content (AvgIpc) is 2.96. The van der Waals surface area contributed by atoms with Crippen molar-refractivity contribution in [3.63, 3.8) is 0 Å². The second-order valence-electron chi connectivity index (χ2n) is 5.80. The quantitative estimate of drug-likeness (QED) is 0.677. The van der Waals surface area contributed by atoms with E-state index < -0.39 is 5.41 Å². The van der Waals surface area contributed by atoms with E-state index in [2.05, 4.69) is 10.3 Å². The molecule has 0 unspecified atom stereocenters. The van der Waals surface area contributed by atoms with Crippen LogP contribution in [-0.4, -0.2) is 10.8 Å². The molecule has 2 aromatic rings. The van der Waals surface area contributed by atoms with Crippen molar-refractivity contribution >= 4 is 22.3 Å². The zero-order chi connectivity index (χ0) is 16.2. The van der Waals surface area contributed by atoms with E-state index in [-0.39, 0.29) is 11.4 Å². The van der Waals surface area contributed by atoms with Gasteiger partial charge in [0.05, 0.1) is 5.69 Å². The smallest absolute Gasteiger partial charge is 0.187 e. The van der Waals surface area contributed by atoms with Crippen molar-refractivity contribution in [2.45, 2.75) is 20.8 Å². The van der Waals surface area contributed by atoms with Gasteiger partial charge in [0.1, 0.15) is 11.6 Å². The molecule has 0 radical (unpaired) electrons. The Morgan fingerprint density at radius 1 is 1.32 bits per heavy atom. The largest absolute Gasteiger partial charge is 0.337 e. The zero-order valence-corrected chi connectivity index (χ0v) is 13.6. The molecule has 112 valence electrons. The van der Waals surface area contributed by atoms with Crippen molar-refractivity contribution in [2.75, 3.05) is 5.32 Å². The van der Waals surface area contributed by atoms with E-state index in [1.165, 1.54) is 17.5 Å². The molecular formula is C17H17N3OS. The molecule has 0 bridgehead atoms. The van der Waals surface area contributed by atoms with Crippen molar-refractivity contribution in [1.82, 2.24) is 4.98 Å². The third-order valence-corrected chi connectivity index (χ3v) is 3.73. The number of thiazole rings is 1. The monoisotopic (exact) mass is 311 g/mol. The fraction of sp³-hybridized carbons (Fsp3) is 0.235. The Bertz CT molecular complexity index is 733. The van der Waals surface area contributed by atoms with Crippen molar-refractivity contribution in [3.8, 4) is 17.3 Å². The molecule has 4 nitrogen and oxygen atoms in total. The van der Waals surface area contributed by atoms with Gasteiger partial charge in [-0.3, -0.25) is 4.79 Å². The Hall–Kier alpha value is -2.45. The van der Waals surface area contributed by atoms with Crippen LogP contribution < -0.4 is 5.32 Å². The second-order valence-corrected chi connectivity index (χ2v) is 6.66. The van der Waals surface area contributed by atoms with Crippen LogP contribution in [0.4, 0.5) is 5.13 Å². The van der Waals surface area contributed by atoms with Crippen LogP contribution in [0.2, 0.25) is 0 Å². The Kier molecular flexibility index (Phi) is 4.74. The number of carbonyl (C=O) groups excluding carboxylic acids is 1. The summed E-state index contributed by atoms with van der Waals surface area (Å²) >= 11 is 1.43. The number of rotatable bonds is 4. The highest BCUT2D eigenvalue weighted by Crippen LogP contribution is 2.25. The van der Waals surface area contributed by atoms with Crippen LogP contribution in [0.25, 0.3) is 11.3 Å². The first-order chi connectivity index (χ1) is 10.4. The van der Waals surface area contributed by atoms with Crippen molar-refractivity contribution in [1.29, 1.82) is 5.26 Å². The molecule has 2 rings (SSSR count). The van der Waals surface area contributed by atoms with Crippen LogP contribution >= 0.6 is 11.3 Å². The predicted molar refractivity (Wildman–Crippen MR) is 89.3 cm³/mol. The summed E-state index contributed by atoms with van der Waals surface area (Å²) in [6, 6.07) is 11.8. The molecule has 5 heteroatoms. The van der Waals surface area contributed by atoms with E-state index in [9.17, 15) is 4.79 Å². The fourth-order valence-electron chi connectivity index (χ4n) is 1.77. The Morgan fingerprint density at radius 3 is 2.59 bits per heavy atom. The maximum Gasteiger partial charge on any atom is 0.187 e. The van der Waals surface area contributed by atoms with Gasteiger partial charge >= 0.3 is 0 Å². The number of aromatic nitrogens is 1. The molecule has 0 aliphatic carbocycles. The summed E-state index contributed by atoms with van der Waals surface area (Å²) in [5.74, 6) is -0.192. The minimum atomic E-state index is -0.582. The molecular weight excluding hydrogens is 294 g/mol. The number of Topliss-reactive ketones (excluding diaryl/α,β-unsaturated/α-hetero) is 1. The first kappa shape index (κ1) is 15.9. The number of anilines is 1. The number of nitrogens with one attached hydrogen (secondary N) is 1. The van der Waals surface area contributed by atoms with E-state index in [1.807, 2.05) is 41.8 Å². The summed E-state index contributed by atoms with van der Waals surface area (Å²) in [5, 5.41) is 14.6. The first-order valence-electron chi connectivity index (χ1n) is 6.84. The molecule has 0 atom stereocenters. The summed E-state index contributed by atoms with van der Waals surface area (Å²) in [6.45, 7) is 5.37. The van der Waals surface area contributed by atoms with Crippen LogP contribution in [-0.2, 0) is 4.79 Å². The number of hydrogen-bond acceptors (Lipinski definition) is 5. The summed E-state index contributed by atoms with van der Waals surface area (Å²) in [7, 11) is 0. The number of nitrogens with zero attached hydrogens (tertiary/aromatic N) is 2. The molecule has 0 amide bonds. The third-order valence-electron chi connectivity index (χ3n) is 2.96. The lowest BCUT2D eigenvalue weighted by atomic mass is 9.87. The first-order valence-corrected chi connectivity index (χ1v) is 7.72. The van der Waals surface area contributed by atoms with Gasteiger partial charge in [0.2, 0.25) is 0 Å². The topological polar surface area (TPSA) is 65.8 Å². The molecule has 1 aromatic carbocycles. The molecule has 0 aliphatic rings. The van der Waals surface area contributed by atoms with Crippen molar-refractivity contribution in [2.24, 2.45) is 5.41 Å². The van der Waals surface area contributed by atoms with Crippen LogP contribution in [0.3, 0.4) is 0 Å². The highest BCUT2D eigenvalue weighted by molar-refractivity contribution is 7.14. The highest BCUT2D eigenvalue weighted by Gasteiger charge is 2.25. The molecule has 0 fully saturated rings. The Morgan fingerprint density at radius 2 is 2.00 bits per heavy atom. The van der Waals surface area contributed by atoms with Crippen LogP contribution in [0.5, 0.6) is 0 Å². The van der Waals surface area contributed by atoms with E-state index >= 15 is 0 Å². The minimum Gasteiger partial charge on any atom is -0.337 e. The molecule has 0 saturated carbocycles. The Labute approximate surface area is 134 Å². The van der Waals surface area contributed by atoms with Crippen molar-refractivity contribution < 1.29 is 4.79 Å². The number of carbonyl (C=O) groups is 1. The van der Waals surface area contributed by atoms with Gasteiger partial charge in [0.15, 0.2) is 10.9 Å². The lowest BCUT2D eigenvalue weighted by molar-refractivity contribution is -0.122. The average molecular weight is 311 g/mol. The van der Waals surface area contributed by atoms with Gasteiger partial charge in [0, 0.05) is 22.6 Å². The molecule has 0 aliphatic heterocycles. The molecule has 0 spiro atoms. The van der Waals surface area contributed by atoms with E-state index in [1.54, 1.807) is 20.8 Å². The number of allylic oxidation sites excluding steroid dienone is 1. The van der Waals surface area contributed by atoms with Crippen LogP contribution in [0.1, 0.15) is 20.8 Å². The van der Waals surface area contributed by atoms with E-state index in [0.717, 1.165) is 11.3 Å². The molecule has 22 heavy (non-hydrogen) atoms. The number of hydrogen-bond donors (Lipinski definition) is 1. The van der Waals surface area contributed by atoms with E-state index in [4.69, 9.17) is 5.26 Å². The second kappa shape index (κ2) is 6.54. The van der Waals surface area contributed by atoms with Gasteiger partial charge in [-0.15, -0.1) is 11.3 Å². The van der Waals surface area contributed by atoms with Gasteiger partial charge in [0.25, 0.3) is 0 Å². The van der Waals surface area contributed by atoms with Gasteiger partial charge < -0.3 is 5.32 Å². The lowest BCUT2D eigenvalue weighted by Crippen LogP contribution is -2.22. The molecule has 1 aromatic heterocycles. The van der Waals surface area contributed by atoms with Crippen LogP contribution in [0.15, 0.2) is 47.5 Å². The lowest BCUT2D eigenvalue weighted by Gasteiger charge is -2.15. The maximum absolute atomic E-state index is 12.1. The Balaban J connectivity index is 2.15. The minimum absolute atomic E-state index is 0.101. The van der Waals surface area contributed by atoms with E-state index in [0.29, 0.717) is 5.13 Å². The normalized spacial score (nSPS) is 11.8. The number of benzene rings is 1. The predicted octanol–water partition coefficient (Wildman–Crippen LogP) is 4.24. The van der Waals surface area contributed by atoms with Gasteiger partial charge in [-0.2, -0.15) is 5.26 Å². The highest BCUT2D eigenvalue weighted by atomic mass is 32.1. The summed E-state index contributed by atoms with van der Waals surface area (Å²) < 4.78 is 0. The van der Waals surface area contributed by atoms with Crippen molar-refractivity contribution in [3.05, 3.63) is 47.5 Å². The SMILES string of the molecule is CC(C)(C)C(=O)/C(C#N)=C/Nc1nc(-c2ccccc2)cs1. The van der Waals surface area contributed by atoms with Crippen LogP contribution in [0, 0.1) is 16.7 Å². The number of nitriles is 1. The maximum atomic E-state index is 12.1.